The second-order valence-corrected chi connectivity index (χ2v) is 7.14. The number of methoxy groups -OCH3 is 1. The predicted octanol–water partition coefficient (Wildman–Crippen LogP) is 2.42. The average molecular weight is 372 g/mol. The fourth-order valence-corrected chi connectivity index (χ4v) is 4.36. The van der Waals surface area contributed by atoms with E-state index in [0.29, 0.717) is 12.2 Å². The number of nitrogens with two attached hydrogens (primary N) is 1. The van der Waals surface area contributed by atoms with Crippen LogP contribution in [0, 0.1) is 17.6 Å². The third kappa shape index (κ3) is 3.13. The molecule has 1 aromatic rings. The number of nitrogens with zero attached hydrogens (tertiary/aromatic N) is 1. The fourth-order valence-electron chi connectivity index (χ4n) is 3.37. The highest BCUT2D eigenvalue weighted by Gasteiger charge is 2.57. The SMILES string of the molecule is CCSCC(CC)C1(OC)C(=O)N(CC(N)=O)c2ccc(F)c(F)c21. The van der Waals surface area contributed by atoms with Crippen molar-refractivity contribution in [2.45, 2.75) is 25.9 Å². The highest BCUT2D eigenvalue weighted by atomic mass is 32.2. The van der Waals surface area contributed by atoms with Gasteiger partial charge in [0.25, 0.3) is 5.91 Å². The zero-order valence-electron chi connectivity index (χ0n) is 14.5. The molecule has 0 bridgehead atoms. The summed E-state index contributed by atoms with van der Waals surface area (Å²) in [5.74, 6) is -2.56. The number of carbonyl (C=O) groups excluding carboxylic acids is 2. The van der Waals surface area contributed by atoms with Crippen molar-refractivity contribution in [1.82, 2.24) is 0 Å². The molecule has 1 aliphatic rings. The molecule has 0 aromatic heterocycles. The minimum Gasteiger partial charge on any atom is -0.368 e. The number of thioether (sulfide) groups is 1. The zero-order valence-corrected chi connectivity index (χ0v) is 15.3. The van der Waals surface area contributed by atoms with Gasteiger partial charge in [-0.3, -0.25) is 14.5 Å². The topological polar surface area (TPSA) is 72.6 Å². The number of hydrogen-bond acceptors (Lipinski definition) is 4. The summed E-state index contributed by atoms with van der Waals surface area (Å²) >= 11 is 1.58. The number of benzene rings is 1. The Morgan fingerprint density at radius 1 is 1.40 bits per heavy atom. The molecule has 138 valence electrons. The van der Waals surface area contributed by atoms with Gasteiger partial charge in [0.15, 0.2) is 17.2 Å². The quantitative estimate of drug-likeness (QED) is 0.761. The second kappa shape index (κ2) is 7.70. The van der Waals surface area contributed by atoms with Gasteiger partial charge in [0, 0.05) is 13.0 Å². The maximum Gasteiger partial charge on any atom is 0.264 e. The zero-order chi connectivity index (χ0) is 18.8. The number of fused-ring (bicyclic) bond motifs is 1. The molecule has 0 fully saturated rings. The van der Waals surface area contributed by atoms with Crippen LogP contribution in [0.4, 0.5) is 14.5 Å². The van der Waals surface area contributed by atoms with Gasteiger partial charge >= 0.3 is 0 Å². The molecule has 0 spiro atoms. The normalized spacial score (nSPS) is 20.7. The number of amides is 2. The van der Waals surface area contributed by atoms with Crippen LogP contribution in [-0.2, 0) is 19.9 Å². The maximum absolute atomic E-state index is 14.7. The van der Waals surface area contributed by atoms with Crippen LogP contribution in [-0.4, -0.2) is 37.0 Å². The Balaban J connectivity index is 2.69. The average Bonchev–Trinajstić information content (AvgIpc) is 2.82. The molecule has 25 heavy (non-hydrogen) atoms. The van der Waals surface area contributed by atoms with E-state index in [2.05, 4.69) is 0 Å². The van der Waals surface area contributed by atoms with Crippen molar-refractivity contribution in [2.24, 2.45) is 11.7 Å². The lowest BCUT2D eigenvalue weighted by Gasteiger charge is -2.35. The van der Waals surface area contributed by atoms with Crippen LogP contribution in [0.25, 0.3) is 0 Å². The van der Waals surface area contributed by atoms with Crippen LogP contribution in [0.15, 0.2) is 12.1 Å². The highest BCUT2D eigenvalue weighted by Crippen LogP contribution is 2.50. The van der Waals surface area contributed by atoms with Gasteiger partial charge in [-0.15, -0.1) is 0 Å². The largest absolute Gasteiger partial charge is 0.368 e. The number of hydrogen-bond donors (Lipinski definition) is 1. The molecule has 0 saturated heterocycles. The van der Waals surface area contributed by atoms with Crippen molar-refractivity contribution in [3.63, 3.8) is 0 Å². The van der Waals surface area contributed by atoms with Gasteiger partial charge in [-0.25, -0.2) is 8.78 Å². The van der Waals surface area contributed by atoms with Gasteiger partial charge in [0.1, 0.15) is 6.54 Å². The lowest BCUT2D eigenvalue weighted by Crippen LogP contribution is -2.49. The molecule has 1 aliphatic heterocycles. The van der Waals surface area contributed by atoms with Crippen LogP contribution in [0.5, 0.6) is 0 Å². The van der Waals surface area contributed by atoms with E-state index in [1.165, 1.54) is 13.2 Å². The Morgan fingerprint density at radius 3 is 2.60 bits per heavy atom. The molecular formula is C17H22F2N2O3S. The van der Waals surface area contributed by atoms with E-state index in [1.807, 2.05) is 13.8 Å². The lowest BCUT2D eigenvalue weighted by molar-refractivity contribution is -0.147. The van der Waals surface area contributed by atoms with E-state index in [9.17, 15) is 18.4 Å². The first-order chi connectivity index (χ1) is 11.8. The monoisotopic (exact) mass is 372 g/mol. The molecule has 2 amide bonds. The third-order valence-electron chi connectivity index (χ3n) is 4.52. The molecule has 5 nitrogen and oxygen atoms in total. The number of rotatable bonds is 8. The van der Waals surface area contributed by atoms with Gasteiger partial charge in [-0.1, -0.05) is 13.8 Å². The van der Waals surface area contributed by atoms with E-state index in [-0.39, 0.29) is 17.2 Å². The summed E-state index contributed by atoms with van der Waals surface area (Å²) < 4.78 is 34.2. The summed E-state index contributed by atoms with van der Waals surface area (Å²) in [5, 5.41) is 0. The van der Waals surface area contributed by atoms with Crippen LogP contribution in [0.3, 0.4) is 0 Å². The minimum atomic E-state index is -1.67. The summed E-state index contributed by atoms with van der Waals surface area (Å²) in [5.41, 5.74) is 3.54. The minimum absolute atomic E-state index is 0.129. The predicted molar refractivity (Wildman–Crippen MR) is 93.4 cm³/mol. The van der Waals surface area contributed by atoms with Crippen molar-refractivity contribution < 1.29 is 23.1 Å². The first kappa shape index (κ1) is 19.7. The molecular weight excluding hydrogens is 350 g/mol. The molecule has 1 heterocycles. The van der Waals surface area contributed by atoms with Crippen LogP contribution < -0.4 is 10.6 Å². The van der Waals surface area contributed by atoms with Crippen molar-refractivity contribution in [3.05, 3.63) is 29.3 Å². The van der Waals surface area contributed by atoms with Gasteiger partial charge in [0.2, 0.25) is 5.91 Å². The molecule has 8 heteroatoms. The number of halogens is 2. The Morgan fingerprint density at radius 2 is 2.08 bits per heavy atom. The molecule has 0 aliphatic carbocycles. The summed E-state index contributed by atoms with van der Waals surface area (Å²) in [6.07, 6.45) is 0.520. The smallest absolute Gasteiger partial charge is 0.264 e. The number of carbonyl (C=O) groups is 2. The van der Waals surface area contributed by atoms with Gasteiger partial charge in [0.05, 0.1) is 11.3 Å². The summed E-state index contributed by atoms with van der Waals surface area (Å²) in [6, 6.07) is 2.22. The van der Waals surface area contributed by atoms with Crippen molar-refractivity contribution in [1.29, 1.82) is 0 Å². The Labute approximate surface area is 149 Å². The van der Waals surface area contributed by atoms with Crippen LogP contribution in [0.2, 0.25) is 0 Å². The lowest BCUT2D eigenvalue weighted by atomic mass is 9.81. The Kier molecular flexibility index (Phi) is 6.05. The van der Waals surface area contributed by atoms with E-state index < -0.39 is 35.6 Å². The summed E-state index contributed by atoms with van der Waals surface area (Å²) in [6.45, 7) is 3.42. The number of primary amides is 1. The highest BCUT2D eigenvalue weighted by molar-refractivity contribution is 7.99. The molecule has 2 rings (SSSR count). The van der Waals surface area contributed by atoms with Crippen LogP contribution >= 0.6 is 11.8 Å². The Hall–Kier alpha value is -1.67. The fraction of sp³-hybridized carbons (Fsp3) is 0.529. The van der Waals surface area contributed by atoms with Crippen LogP contribution in [0.1, 0.15) is 25.8 Å². The van der Waals surface area contributed by atoms with Gasteiger partial charge < -0.3 is 10.5 Å². The Bertz CT molecular complexity index is 686. The first-order valence-electron chi connectivity index (χ1n) is 8.06. The first-order valence-corrected chi connectivity index (χ1v) is 9.22. The molecule has 2 atom stereocenters. The second-order valence-electron chi connectivity index (χ2n) is 5.82. The van der Waals surface area contributed by atoms with E-state index >= 15 is 0 Å². The van der Waals surface area contributed by atoms with Crippen molar-refractivity contribution in [2.75, 3.05) is 30.1 Å². The van der Waals surface area contributed by atoms with Gasteiger partial charge in [-0.05, 0) is 30.1 Å². The maximum atomic E-state index is 14.7. The van der Waals surface area contributed by atoms with E-state index in [0.717, 1.165) is 16.7 Å². The molecule has 2 N–H and O–H groups in total. The molecule has 2 unspecified atom stereocenters. The summed E-state index contributed by atoms with van der Waals surface area (Å²) in [7, 11) is 1.30. The number of anilines is 1. The standard InChI is InChI=1S/C17H22F2N2O3S/c1-4-10(9-25-5-2)17(24-3)14-12(7-6-11(18)15(14)19)21(16(17)23)8-13(20)22/h6-7,10H,4-5,8-9H2,1-3H3,(H2,20,22). The molecule has 0 saturated carbocycles. The number of ether oxygens (including phenoxy) is 1. The van der Waals surface area contributed by atoms with E-state index in [4.69, 9.17) is 10.5 Å². The summed E-state index contributed by atoms with van der Waals surface area (Å²) in [4.78, 5) is 25.6. The van der Waals surface area contributed by atoms with Gasteiger partial charge in [-0.2, -0.15) is 11.8 Å². The van der Waals surface area contributed by atoms with Crippen molar-refractivity contribution in [3.8, 4) is 0 Å². The molecule has 0 radical (unpaired) electrons. The van der Waals surface area contributed by atoms with E-state index in [1.54, 1.807) is 11.8 Å². The third-order valence-corrected chi connectivity index (χ3v) is 5.57. The molecule has 1 aromatic carbocycles. The van der Waals surface area contributed by atoms with Crippen molar-refractivity contribution >= 4 is 29.3 Å².